The number of esters is 1. The van der Waals surface area contributed by atoms with Crippen molar-refractivity contribution in [1.82, 2.24) is 4.90 Å². The molecule has 5 nitrogen and oxygen atoms in total. The van der Waals surface area contributed by atoms with Crippen molar-refractivity contribution in [3.05, 3.63) is 95.6 Å². The molecule has 0 aromatic heterocycles. The number of nitrogens with zero attached hydrogens (tertiary/aromatic N) is 1. The minimum atomic E-state index is -0.537. The molecule has 1 heterocycles. The zero-order chi connectivity index (χ0) is 22.3. The van der Waals surface area contributed by atoms with Crippen LogP contribution in [0.3, 0.4) is 0 Å². The fraction of sp³-hybridized carbons (Fsp3) is 0.222. The van der Waals surface area contributed by atoms with Crippen molar-refractivity contribution in [3.63, 3.8) is 0 Å². The van der Waals surface area contributed by atoms with E-state index in [1.165, 1.54) is 5.56 Å². The predicted molar refractivity (Wildman–Crippen MR) is 122 cm³/mol. The highest BCUT2D eigenvalue weighted by Crippen LogP contribution is 2.20. The lowest BCUT2D eigenvalue weighted by molar-refractivity contribution is -0.152. The van der Waals surface area contributed by atoms with Gasteiger partial charge in [-0.25, -0.2) is 0 Å². The minimum absolute atomic E-state index is 0.0462. The summed E-state index contributed by atoms with van der Waals surface area (Å²) in [5.41, 5.74) is 5.05. The second-order valence-electron chi connectivity index (χ2n) is 7.86. The molecule has 1 aliphatic rings. The van der Waals surface area contributed by atoms with E-state index in [2.05, 4.69) is 6.07 Å². The molecule has 0 aliphatic carbocycles. The maximum atomic E-state index is 12.4. The molecule has 5 heteroatoms. The van der Waals surface area contributed by atoms with Gasteiger partial charge in [0.1, 0.15) is 0 Å². The van der Waals surface area contributed by atoms with Gasteiger partial charge in [-0.1, -0.05) is 78.9 Å². The Morgan fingerprint density at radius 3 is 2.16 bits per heavy atom. The van der Waals surface area contributed by atoms with Gasteiger partial charge in [0.2, 0.25) is 0 Å². The Labute approximate surface area is 187 Å². The number of benzene rings is 3. The smallest absolute Gasteiger partial charge is 0.306 e. The van der Waals surface area contributed by atoms with Crippen molar-refractivity contribution in [3.8, 4) is 11.1 Å². The molecule has 1 aliphatic heterocycles. The van der Waals surface area contributed by atoms with Crippen molar-refractivity contribution < 1.29 is 19.1 Å². The predicted octanol–water partition coefficient (Wildman–Crippen LogP) is 4.44. The summed E-state index contributed by atoms with van der Waals surface area (Å²) in [6, 6.07) is 25.3. The highest BCUT2D eigenvalue weighted by molar-refractivity contribution is 5.98. The van der Waals surface area contributed by atoms with Crippen molar-refractivity contribution in [1.29, 1.82) is 0 Å². The second kappa shape index (κ2) is 10.1. The third-order valence-electron chi connectivity index (χ3n) is 5.71. The number of ketones is 1. The van der Waals surface area contributed by atoms with Gasteiger partial charge in [-0.15, -0.1) is 0 Å². The molecule has 3 aromatic carbocycles. The fourth-order valence-corrected chi connectivity index (χ4v) is 3.85. The maximum Gasteiger partial charge on any atom is 0.306 e. The van der Waals surface area contributed by atoms with Crippen LogP contribution in [0, 0.1) is 0 Å². The van der Waals surface area contributed by atoms with E-state index >= 15 is 0 Å². The lowest BCUT2D eigenvalue weighted by Gasteiger charge is -2.28. The molecule has 0 N–H and O–H groups in total. The zero-order valence-corrected chi connectivity index (χ0v) is 17.8. The number of hydrogen-bond donors (Lipinski definition) is 0. The molecule has 0 spiro atoms. The molecule has 0 fully saturated rings. The molecule has 0 radical (unpaired) electrons. The molecule has 4 rings (SSSR count). The summed E-state index contributed by atoms with van der Waals surface area (Å²) in [5.74, 6) is -0.874. The van der Waals surface area contributed by atoms with Crippen LogP contribution in [-0.2, 0) is 27.3 Å². The van der Waals surface area contributed by atoms with E-state index in [1.807, 2.05) is 60.7 Å². The second-order valence-corrected chi connectivity index (χ2v) is 7.86. The van der Waals surface area contributed by atoms with E-state index in [9.17, 15) is 14.4 Å². The van der Waals surface area contributed by atoms with Crippen LogP contribution >= 0.6 is 0 Å². The van der Waals surface area contributed by atoms with Gasteiger partial charge in [0, 0.05) is 25.1 Å². The van der Waals surface area contributed by atoms with Crippen LogP contribution in [-0.4, -0.2) is 35.7 Å². The number of rotatable bonds is 7. The molecule has 0 saturated carbocycles. The van der Waals surface area contributed by atoms with E-state index < -0.39 is 5.97 Å². The fourth-order valence-electron chi connectivity index (χ4n) is 3.85. The Kier molecular flexibility index (Phi) is 6.75. The normalized spacial score (nSPS) is 12.7. The average molecular weight is 428 g/mol. The largest absolute Gasteiger partial charge is 0.456 e. The van der Waals surface area contributed by atoms with Gasteiger partial charge in [0.05, 0.1) is 6.42 Å². The molecule has 162 valence electrons. The van der Waals surface area contributed by atoms with Crippen LogP contribution in [0.1, 0.15) is 34.3 Å². The summed E-state index contributed by atoms with van der Waals surface area (Å²) >= 11 is 0. The Morgan fingerprint density at radius 1 is 0.750 bits per heavy atom. The van der Waals surface area contributed by atoms with Crippen LogP contribution in [0.4, 0.5) is 0 Å². The van der Waals surface area contributed by atoms with E-state index in [0.717, 1.165) is 23.1 Å². The molecule has 0 unspecified atom stereocenters. The quantitative estimate of drug-likeness (QED) is 0.413. The minimum Gasteiger partial charge on any atom is -0.456 e. The number of Topliss-reactive ketones (excluding diaryl/α,β-unsaturated/α-hetero) is 1. The maximum absolute atomic E-state index is 12.4. The third kappa shape index (κ3) is 5.30. The van der Waals surface area contributed by atoms with E-state index in [4.69, 9.17) is 4.74 Å². The van der Waals surface area contributed by atoms with Gasteiger partial charge < -0.3 is 9.64 Å². The molecule has 32 heavy (non-hydrogen) atoms. The van der Waals surface area contributed by atoms with Crippen LogP contribution in [0.5, 0.6) is 0 Å². The van der Waals surface area contributed by atoms with Crippen molar-refractivity contribution in [2.75, 3.05) is 13.2 Å². The summed E-state index contributed by atoms with van der Waals surface area (Å²) in [5, 5.41) is 0. The van der Waals surface area contributed by atoms with Crippen LogP contribution < -0.4 is 0 Å². The zero-order valence-electron chi connectivity index (χ0n) is 17.8. The van der Waals surface area contributed by atoms with E-state index in [0.29, 0.717) is 18.7 Å². The van der Waals surface area contributed by atoms with E-state index in [-0.39, 0.29) is 31.1 Å². The number of hydrogen-bond acceptors (Lipinski definition) is 4. The van der Waals surface area contributed by atoms with E-state index in [1.54, 1.807) is 17.0 Å². The van der Waals surface area contributed by atoms with Gasteiger partial charge in [-0.2, -0.15) is 0 Å². The van der Waals surface area contributed by atoms with Gasteiger partial charge in [0.25, 0.3) is 5.91 Å². The first kappa shape index (κ1) is 21.5. The third-order valence-corrected chi connectivity index (χ3v) is 5.71. The Bertz CT molecular complexity index is 1110. The first-order valence-electron chi connectivity index (χ1n) is 10.8. The Morgan fingerprint density at radius 2 is 1.41 bits per heavy atom. The summed E-state index contributed by atoms with van der Waals surface area (Å²) in [6.07, 6.45) is 0.803. The molecule has 0 atom stereocenters. The topological polar surface area (TPSA) is 63.7 Å². The number of carbonyl (C=O) groups excluding carboxylic acids is 3. The standard InChI is InChI=1S/C27H25NO4/c29-25(23-12-10-22(11-13-23)20-6-2-1-3-7-20)14-15-27(31)32-19-26(30)28-17-16-21-8-4-5-9-24(21)18-28/h1-13H,14-19H2. The summed E-state index contributed by atoms with van der Waals surface area (Å²) in [4.78, 5) is 38.6. The average Bonchev–Trinajstić information content (AvgIpc) is 2.86. The first-order chi connectivity index (χ1) is 15.6. The van der Waals surface area contributed by atoms with Crippen LogP contribution in [0.25, 0.3) is 11.1 Å². The SMILES string of the molecule is O=C(CCC(=O)c1ccc(-c2ccccc2)cc1)OCC(=O)N1CCc2ccccc2C1. The number of ether oxygens (including phenoxy) is 1. The lowest BCUT2D eigenvalue weighted by Crippen LogP contribution is -2.38. The monoisotopic (exact) mass is 427 g/mol. The van der Waals surface area contributed by atoms with Gasteiger partial charge in [-0.3, -0.25) is 14.4 Å². The number of fused-ring (bicyclic) bond motifs is 1. The molecule has 3 aromatic rings. The molecule has 1 amide bonds. The molecular weight excluding hydrogens is 402 g/mol. The Balaban J connectivity index is 1.22. The molecular formula is C27H25NO4. The van der Waals surface area contributed by atoms with Crippen molar-refractivity contribution >= 4 is 17.7 Å². The number of amides is 1. The Hall–Kier alpha value is -3.73. The van der Waals surface area contributed by atoms with Crippen molar-refractivity contribution in [2.24, 2.45) is 0 Å². The molecule has 0 bridgehead atoms. The molecule has 0 saturated heterocycles. The van der Waals surface area contributed by atoms with Gasteiger partial charge in [0.15, 0.2) is 12.4 Å². The number of carbonyl (C=O) groups is 3. The summed E-state index contributed by atoms with van der Waals surface area (Å²) in [6.45, 7) is 0.857. The van der Waals surface area contributed by atoms with Gasteiger partial charge in [-0.05, 0) is 28.7 Å². The first-order valence-corrected chi connectivity index (χ1v) is 10.8. The van der Waals surface area contributed by atoms with Gasteiger partial charge >= 0.3 is 5.97 Å². The highest BCUT2D eigenvalue weighted by Gasteiger charge is 2.21. The van der Waals surface area contributed by atoms with Crippen LogP contribution in [0.2, 0.25) is 0 Å². The van der Waals surface area contributed by atoms with Crippen LogP contribution in [0.15, 0.2) is 78.9 Å². The lowest BCUT2D eigenvalue weighted by atomic mass is 10.00. The summed E-state index contributed by atoms with van der Waals surface area (Å²) in [7, 11) is 0. The van der Waals surface area contributed by atoms with Crippen molar-refractivity contribution in [2.45, 2.75) is 25.8 Å². The highest BCUT2D eigenvalue weighted by atomic mass is 16.5. The summed E-state index contributed by atoms with van der Waals surface area (Å²) < 4.78 is 5.13.